The average Bonchev–Trinajstić information content (AvgIpc) is 3.16. The molecule has 0 spiro atoms. The van der Waals surface area contributed by atoms with E-state index in [4.69, 9.17) is 4.98 Å². The summed E-state index contributed by atoms with van der Waals surface area (Å²) < 4.78 is 15.0. The van der Waals surface area contributed by atoms with Crippen LogP contribution in [0.1, 0.15) is 55.2 Å². The Bertz CT molecular complexity index is 1010. The molecular formula is C20H21FN6O. The van der Waals surface area contributed by atoms with Gasteiger partial charge in [0.25, 0.3) is 0 Å². The van der Waals surface area contributed by atoms with Crippen LogP contribution in [-0.2, 0) is 6.42 Å². The van der Waals surface area contributed by atoms with Crippen LogP contribution in [0.4, 0.5) is 10.2 Å². The molecule has 0 bridgehead atoms. The smallest absolute Gasteiger partial charge is 0.170 e. The Morgan fingerprint density at radius 2 is 2.00 bits per heavy atom. The Hall–Kier alpha value is -3.16. The van der Waals surface area contributed by atoms with Crippen LogP contribution >= 0.6 is 0 Å². The lowest BCUT2D eigenvalue weighted by atomic mass is 10.1. The zero-order valence-corrected chi connectivity index (χ0v) is 16.0. The van der Waals surface area contributed by atoms with Crippen molar-refractivity contribution in [1.82, 2.24) is 24.7 Å². The molecule has 0 saturated heterocycles. The predicted octanol–water partition coefficient (Wildman–Crippen LogP) is 3.30. The molecule has 0 unspecified atom stereocenters. The number of ketones is 1. The number of rotatable bonds is 5. The van der Waals surface area contributed by atoms with Crippen LogP contribution < -0.4 is 4.90 Å². The molecule has 1 aliphatic rings. The van der Waals surface area contributed by atoms with Crippen molar-refractivity contribution in [3.8, 4) is 5.69 Å². The Morgan fingerprint density at radius 3 is 2.68 bits per heavy atom. The summed E-state index contributed by atoms with van der Waals surface area (Å²) in [6, 6.07) is 5.75. The van der Waals surface area contributed by atoms with Crippen molar-refractivity contribution in [3.05, 3.63) is 59.8 Å². The number of anilines is 1. The highest BCUT2D eigenvalue weighted by molar-refractivity contribution is 5.97. The molecule has 0 radical (unpaired) electrons. The molecule has 0 fully saturated rings. The molecule has 8 heteroatoms. The minimum absolute atomic E-state index is 0.0468. The van der Waals surface area contributed by atoms with Gasteiger partial charge in [0.15, 0.2) is 17.4 Å². The van der Waals surface area contributed by atoms with E-state index in [9.17, 15) is 9.18 Å². The lowest BCUT2D eigenvalue weighted by Crippen LogP contribution is -2.40. The maximum atomic E-state index is 13.1. The summed E-state index contributed by atoms with van der Waals surface area (Å²) in [5.41, 5.74) is 1.24. The fraction of sp³-hybridized carbons (Fsp3) is 0.350. The van der Waals surface area contributed by atoms with Gasteiger partial charge >= 0.3 is 0 Å². The number of halogens is 1. The molecule has 144 valence electrons. The van der Waals surface area contributed by atoms with Gasteiger partial charge in [-0.25, -0.2) is 14.4 Å². The van der Waals surface area contributed by atoms with E-state index in [1.807, 2.05) is 4.57 Å². The molecule has 2 aromatic heterocycles. The van der Waals surface area contributed by atoms with Gasteiger partial charge in [0.1, 0.15) is 23.7 Å². The van der Waals surface area contributed by atoms with E-state index < -0.39 is 0 Å². The number of nitrogens with zero attached hydrogens (tertiary/aromatic N) is 6. The van der Waals surface area contributed by atoms with E-state index in [1.165, 1.54) is 24.3 Å². The largest absolute Gasteiger partial charge is 0.342 e. The third-order valence-corrected chi connectivity index (χ3v) is 4.94. The molecule has 3 heterocycles. The summed E-state index contributed by atoms with van der Waals surface area (Å²) in [6.45, 7) is 6.30. The van der Waals surface area contributed by atoms with Crippen molar-refractivity contribution in [1.29, 1.82) is 0 Å². The first kappa shape index (κ1) is 18.2. The Morgan fingerprint density at radius 1 is 1.25 bits per heavy atom. The molecule has 0 aliphatic carbocycles. The van der Waals surface area contributed by atoms with Gasteiger partial charge in [0.05, 0.1) is 18.7 Å². The van der Waals surface area contributed by atoms with Gasteiger partial charge in [0, 0.05) is 11.6 Å². The lowest BCUT2D eigenvalue weighted by molar-refractivity contribution is 0.0990. The average molecular weight is 380 g/mol. The molecule has 0 saturated carbocycles. The molecule has 1 atom stereocenters. The number of benzene rings is 1. The van der Waals surface area contributed by atoms with Gasteiger partial charge in [-0.1, -0.05) is 6.92 Å². The number of carbonyl (C=O) groups is 1. The lowest BCUT2D eigenvalue weighted by Gasteiger charge is -2.39. The molecule has 3 aromatic rings. The number of carbonyl (C=O) groups excluding carboxylic acids is 1. The first-order valence-electron chi connectivity index (χ1n) is 9.33. The van der Waals surface area contributed by atoms with Gasteiger partial charge < -0.3 is 4.90 Å². The second-order valence-electron chi connectivity index (χ2n) is 7.09. The highest BCUT2D eigenvalue weighted by Crippen LogP contribution is 2.38. The van der Waals surface area contributed by atoms with Gasteiger partial charge in [-0.05, 0) is 44.5 Å². The Kier molecular flexibility index (Phi) is 4.62. The van der Waals surface area contributed by atoms with Crippen LogP contribution in [0.2, 0.25) is 0 Å². The third kappa shape index (κ3) is 3.04. The fourth-order valence-corrected chi connectivity index (χ4v) is 3.64. The third-order valence-electron chi connectivity index (χ3n) is 4.94. The second kappa shape index (κ2) is 7.10. The monoisotopic (exact) mass is 380 g/mol. The first-order chi connectivity index (χ1) is 13.5. The first-order valence-corrected chi connectivity index (χ1v) is 9.33. The summed E-state index contributed by atoms with van der Waals surface area (Å²) >= 11 is 0. The summed E-state index contributed by atoms with van der Waals surface area (Å²) in [4.78, 5) is 23.9. The van der Waals surface area contributed by atoms with Crippen molar-refractivity contribution in [3.63, 3.8) is 0 Å². The predicted molar refractivity (Wildman–Crippen MR) is 102 cm³/mol. The maximum Gasteiger partial charge on any atom is 0.170 e. The van der Waals surface area contributed by atoms with Crippen molar-refractivity contribution < 1.29 is 9.18 Å². The molecule has 28 heavy (non-hydrogen) atoms. The van der Waals surface area contributed by atoms with Crippen LogP contribution in [0.25, 0.3) is 5.69 Å². The van der Waals surface area contributed by atoms with Crippen LogP contribution in [0.3, 0.4) is 0 Å². The van der Waals surface area contributed by atoms with E-state index in [-0.39, 0.29) is 30.1 Å². The standard InChI is InChI=1S/C20H21FN6O/c1-4-15-20-25-23-11-26(20)16-10-22-18(24-19(16)27(15)12(2)3)9-17(28)13-5-7-14(21)8-6-13/h5-8,10-12,15H,4,9H2,1-3H3/t15-/m1/s1. The molecule has 0 amide bonds. The number of hydrogen-bond donors (Lipinski definition) is 0. The van der Waals surface area contributed by atoms with Gasteiger partial charge in [-0.3, -0.25) is 9.36 Å². The van der Waals surface area contributed by atoms with Crippen LogP contribution in [-0.4, -0.2) is 36.6 Å². The van der Waals surface area contributed by atoms with Crippen molar-refractivity contribution >= 4 is 11.6 Å². The zero-order valence-electron chi connectivity index (χ0n) is 16.0. The maximum absolute atomic E-state index is 13.1. The summed E-state index contributed by atoms with van der Waals surface area (Å²) in [6.07, 6.45) is 4.28. The van der Waals surface area contributed by atoms with Gasteiger partial charge in [-0.15, -0.1) is 10.2 Å². The Labute approximate surface area is 162 Å². The molecule has 1 aliphatic heterocycles. The van der Waals surface area contributed by atoms with E-state index in [1.54, 1.807) is 12.5 Å². The summed E-state index contributed by atoms with van der Waals surface area (Å²) in [5.74, 6) is 1.55. The van der Waals surface area contributed by atoms with Gasteiger partial charge in [0.2, 0.25) is 0 Å². The second-order valence-corrected chi connectivity index (χ2v) is 7.09. The molecule has 0 N–H and O–H groups in total. The van der Waals surface area contributed by atoms with Crippen LogP contribution in [0.5, 0.6) is 0 Å². The zero-order chi connectivity index (χ0) is 19.8. The number of aromatic nitrogens is 5. The highest BCUT2D eigenvalue weighted by atomic mass is 19.1. The Balaban J connectivity index is 1.71. The quantitative estimate of drug-likeness (QED) is 0.632. The van der Waals surface area contributed by atoms with E-state index in [0.29, 0.717) is 11.4 Å². The molecule has 4 rings (SSSR count). The topological polar surface area (TPSA) is 76.8 Å². The number of hydrogen-bond acceptors (Lipinski definition) is 6. The normalized spacial score (nSPS) is 15.5. The van der Waals surface area contributed by atoms with Crippen molar-refractivity contribution in [2.24, 2.45) is 0 Å². The molecule has 7 nitrogen and oxygen atoms in total. The number of fused-ring (bicyclic) bond motifs is 3. The highest BCUT2D eigenvalue weighted by Gasteiger charge is 2.35. The van der Waals surface area contributed by atoms with E-state index in [2.05, 4.69) is 40.9 Å². The summed E-state index contributed by atoms with van der Waals surface area (Å²) in [5, 5.41) is 8.35. The van der Waals surface area contributed by atoms with E-state index in [0.717, 1.165) is 23.8 Å². The minimum atomic E-state index is -0.371. The number of Topliss-reactive ketones (excluding diaryl/α,β-unsaturated/α-hetero) is 1. The summed E-state index contributed by atoms with van der Waals surface area (Å²) in [7, 11) is 0. The molecule has 1 aromatic carbocycles. The van der Waals surface area contributed by atoms with Crippen molar-refractivity contribution in [2.45, 2.75) is 45.7 Å². The SMILES string of the molecule is CC[C@@H]1c2nncn2-c2cnc(CC(=O)c3ccc(F)cc3)nc2N1C(C)C. The van der Waals surface area contributed by atoms with Crippen LogP contribution in [0, 0.1) is 5.82 Å². The molecular weight excluding hydrogens is 359 g/mol. The van der Waals surface area contributed by atoms with E-state index >= 15 is 0 Å². The van der Waals surface area contributed by atoms with Gasteiger partial charge in [-0.2, -0.15) is 0 Å². The minimum Gasteiger partial charge on any atom is -0.342 e. The van der Waals surface area contributed by atoms with Crippen molar-refractivity contribution in [2.75, 3.05) is 4.90 Å². The fourth-order valence-electron chi connectivity index (χ4n) is 3.64. The van der Waals surface area contributed by atoms with Crippen LogP contribution in [0.15, 0.2) is 36.8 Å².